The molecule has 2 N–H and O–H groups in total. The summed E-state index contributed by atoms with van der Waals surface area (Å²) in [6.07, 6.45) is -0.897. The van der Waals surface area contributed by atoms with Gasteiger partial charge in [0.05, 0.1) is 29.6 Å². The molecule has 0 saturated carbocycles. The zero-order valence-electron chi connectivity index (χ0n) is 9.40. The number of aromatic nitrogens is 1. The first-order valence-corrected chi connectivity index (χ1v) is 5.22. The molecule has 1 aromatic heterocycles. The van der Waals surface area contributed by atoms with E-state index in [0.717, 1.165) is 10.9 Å². The number of pyridine rings is 1. The molecule has 0 amide bonds. The maximum absolute atomic E-state index is 12.4. The lowest BCUT2D eigenvalue weighted by Crippen LogP contribution is -2.25. The van der Waals surface area contributed by atoms with E-state index in [1.807, 2.05) is 24.3 Å². The van der Waals surface area contributed by atoms with E-state index in [4.69, 9.17) is 5.73 Å². The number of rotatable bonds is 3. The Morgan fingerprint density at radius 3 is 2.76 bits per heavy atom. The van der Waals surface area contributed by atoms with E-state index in [1.54, 1.807) is 7.05 Å². The van der Waals surface area contributed by atoms with Gasteiger partial charge >= 0.3 is 0 Å². The lowest BCUT2D eigenvalue weighted by atomic mass is 10.1. The lowest BCUT2D eigenvalue weighted by Gasteiger charge is -2.22. The van der Waals surface area contributed by atoms with Crippen LogP contribution in [0.2, 0.25) is 0 Å². The van der Waals surface area contributed by atoms with Gasteiger partial charge in [0.15, 0.2) is 0 Å². The molecule has 3 nitrogen and oxygen atoms in total. The van der Waals surface area contributed by atoms with Crippen LogP contribution in [0.4, 0.5) is 20.2 Å². The zero-order valence-corrected chi connectivity index (χ0v) is 9.40. The molecule has 0 spiro atoms. The molecule has 0 aliphatic heterocycles. The number of nitrogens with two attached hydrogens (primary N) is 1. The third-order valence-corrected chi connectivity index (χ3v) is 2.57. The molecule has 0 aliphatic rings. The fraction of sp³-hybridized carbons (Fsp3) is 0.250. The Morgan fingerprint density at radius 1 is 1.35 bits per heavy atom. The standard InChI is InChI=1S/C12H13F2N3/c1-17(7-11(13)14)12-8-4-2-3-5-10(8)16-6-9(12)15/h2-6,11H,7,15H2,1H3. The summed E-state index contributed by atoms with van der Waals surface area (Å²) in [6.45, 7) is -0.349. The number of alkyl halides is 2. The minimum Gasteiger partial charge on any atom is -0.396 e. The first-order chi connectivity index (χ1) is 8.09. The molecule has 1 heterocycles. The van der Waals surface area contributed by atoms with E-state index >= 15 is 0 Å². The second-order valence-corrected chi connectivity index (χ2v) is 3.85. The van der Waals surface area contributed by atoms with Crippen molar-refractivity contribution in [2.75, 3.05) is 24.2 Å². The number of nitrogens with zero attached hydrogens (tertiary/aromatic N) is 2. The number of nitrogen functional groups attached to an aromatic ring is 1. The predicted octanol–water partition coefficient (Wildman–Crippen LogP) is 2.52. The fourth-order valence-electron chi connectivity index (χ4n) is 1.87. The molecule has 0 saturated heterocycles. The molecular formula is C12H13F2N3. The third-order valence-electron chi connectivity index (χ3n) is 2.57. The number of halogens is 2. The smallest absolute Gasteiger partial charge is 0.255 e. The van der Waals surface area contributed by atoms with Gasteiger partial charge in [-0.05, 0) is 6.07 Å². The van der Waals surface area contributed by atoms with Gasteiger partial charge in [0, 0.05) is 12.4 Å². The first-order valence-electron chi connectivity index (χ1n) is 5.22. The summed E-state index contributed by atoms with van der Waals surface area (Å²) in [4.78, 5) is 5.63. The van der Waals surface area contributed by atoms with Crippen LogP contribution in [-0.4, -0.2) is 25.0 Å². The van der Waals surface area contributed by atoms with E-state index in [2.05, 4.69) is 4.98 Å². The van der Waals surface area contributed by atoms with Crippen molar-refractivity contribution >= 4 is 22.3 Å². The topological polar surface area (TPSA) is 42.1 Å². The highest BCUT2D eigenvalue weighted by Crippen LogP contribution is 2.30. The van der Waals surface area contributed by atoms with Crippen LogP contribution in [0.15, 0.2) is 30.5 Å². The molecule has 0 unspecified atom stereocenters. The van der Waals surface area contributed by atoms with Gasteiger partial charge in [-0.3, -0.25) is 4.98 Å². The SMILES string of the molecule is CN(CC(F)F)c1c(N)cnc2ccccc12. The number of fused-ring (bicyclic) bond motifs is 1. The second kappa shape index (κ2) is 4.53. The van der Waals surface area contributed by atoms with Crippen molar-refractivity contribution in [2.45, 2.75) is 6.43 Å². The summed E-state index contributed by atoms with van der Waals surface area (Å²) < 4.78 is 24.8. The van der Waals surface area contributed by atoms with Crippen LogP contribution in [0.25, 0.3) is 10.9 Å². The summed E-state index contributed by atoms with van der Waals surface area (Å²) in [5.41, 5.74) is 7.58. The van der Waals surface area contributed by atoms with Crippen molar-refractivity contribution in [1.29, 1.82) is 0 Å². The minimum absolute atomic E-state index is 0.349. The summed E-state index contributed by atoms with van der Waals surface area (Å²) >= 11 is 0. The Bertz CT molecular complexity index is 528. The van der Waals surface area contributed by atoms with Crippen LogP contribution in [0.1, 0.15) is 0 Å². The van der Waals surface area contributed by atoms with E-state index in [0.29, 0.717) is 11.4 Å². The zero-order chi connectivity index (χ0) is 12.4. The maximum Gasteiger partial charge on any atom is 0.255 e. The van der Waals surface area contributed by atoms with Gasteiger partial charge in [0.2, 0.25) is 0 Å². The lowest BCUT2D eigenvalue weighted by molar-refractivity contribution is 0.156. The highest BCUT2D eigenvalue weighted by Gasteiger charge is 2.14. The van der Waals surface area contributed by atoms with Crippen LogP contribution < -0.4 is 10.6 Å². The number of hydrogen-bond acceptors (Lipinski definition) is 3. The van der Waals surface area contributed by atoms with E-state index < -0.39 is 6.43 Å². The average molecular weight is 237 g/mol. The average Bonchev–Trinajstić information content (AvgIpc) is 2.27. The number of benzene rings is 1. The Morgan fingerprint density at radius 2 is 2.06 bits per heavy atom. The van der Waals surface area contributed by atoms with E-state index in [9.17, 15) is 8.78 Å². The normalized spacial score (nSPS) is 11.1. The molecule has 5 heteroatoms. The van der Waals surface area contributed by atoms with Crippen molar-refractivity contribution in [1.82, 2.24) is 4.98 Å². The number of anilines is 2. The van der Waals surface area contributed by atoms with Crippen LogP contribution >= 0.6 is 0 Å². The van der Waals surface area contributed by atoms with E-state index in [1.165, 1.54) is 11.1 Å². The van der Waals surface area contributed by atoms with Crippen molar-refractivity contribution < 1.29 is 8.78 Å². The molecule has 1 aromatic carbocycles. The fourth-order valence-corrected chi connectivity index (χ4v) is 1.87. The summed E-state index contributed by atoms with van der Waals surface area (Å²) in [5, 5.41) is 0.788. The molecule has 90 valence electrons. The van der Waals surface area contributed by atoms with Crippen molar-refractivity contribution in [2.24, 2.45) is 0 Å². The molecule has 2 rings (SSSR count). The maximum atomic E-state index is 12.4. The van der Waals surface area contributed by atoms with Crippen LogP contribution in [0.3, 0.4) is 0 Å². The van der Waals surface area contributed by atoms with Crippen LogP contribution in [0.5, 0.6) is 0 Å². The molecule has 0 radical (unpaired) electrons. The molecule has 0 atom stereocenters. The van der Waals surface area contributed by atoms with Crippen molar-refractivity contribution in [3.63, 3.8) is 0 Å². The van der Waals surface area contributed by atoms with Gasteiger partial charge in [0.1, 0.15) is 0 Å². The van der Waals surface area contributed by atoms with Gasteiger partial charge in [-0.15, -0.1) is 0 Å². The molecular weight excluding hydrogens is 224 g/mol. The quantitative estimate of drug-likeness (QED) is 0.891. The molecule has 0 aliphatic carbocycles. The summed E-state index contributed by atoms with van der Waals surface area (Å²) in [5.74, 6) is 0. The Kier molecular flexibility index (Phi) is 3.08. The van der Waals surface area contributed by atoms with Gasteiger partial charge in [-0.1, -0.05) is 18.2 Å². The van der Waals surface area contributed by atoms with Gasteiger partial charge in [-0.25, -0.2) is 8.78 Å². The second-order valence-electron chi connectivity index (χ2n) is 3.85. The van der Waals surface area contributed by atoms with Crippen molar-refractivity contribution in [3.05, 3.63) is 30.5 Å². The monoisotopic (exact) mass is 237 g/mol. The highest BCUT2D eigenvalue weighted by molar-refractivity contribution is 5.97. The van der Waals surface area contributed by atoms with Crippen LogP contribution in [-0.2, 0) is 0 Å². The Labute approximate surface area is 97.9 Å². The van der Waals surface area contributed by atoms with Crippen LogP contribution in [0, 0.1) is 0 Å². The minimum atomic E-state index is -2.40. The predicted molar refractivity (Wildman–Crippen MR) is 65.4 cm³/mol. The number of para-hydroxylation sites is 1. The molecule has 0 fully saturated rings. The Hall–Kier alpha value is -1.91. The third kappa shape index (κ3) is 2.27. The largest absolute Gasteiger partial charge is 0.396 e. The molecule has 17 heavy (non-hydrogen) atoms. The number of hydrogen-bond donors (Lipinski definition) is 1. The highest BCUT2D eigenvalue weighted by atomic mass is 19.3. The van der Waals surface area contributed by atoms with Crippen molar-refractivity contribution in [3.8, 4) is 0 Å². The Balaban J connectivity index is 2.54. The van der Waals surface area contributed by atoms with Gasteiger partial charge in [0.25, 0.3) is 6.43 Å². The van der Waals surface area contributed by atoms with Gasteiger partial charge in [-0.2, -0.15) is 0 Å². The first kappa shape index (κ1) is 11.6. The summed E-state index contributed by atoms with van der Waals surface area (Å²) in [6, 6.07) is 7.34. The summed E-state index contributed by atoms with van der Waals surface area (Å²) in [7, 11) is 1.60. The molecule has 0 bridgehead atoms. The van der Waals surface area contributed by atoms with Gasteiger partial charge < -0.3 is 10.6 Å². The van der Waals surface area contributed by atoms with E-state index in [-0.39, 0.29) is 6.54 Å². The molecule has 2 aromatic rings.